The predicted octanol–water partition coefficient (Wildman–Crippen LogP) is 2.54. The van der Waals surface area contributed by atoms with Gasteiger partial charge in [-0.15, -0.1) is 11.3 Å². The van der Waals surface area contributed by atoms with Gasteiger partial charge in [-0.3, -0.25) is 4.90 Å². The standard InChI is InChI=1S/C13H19N3OS/c1-17-10-11-12(8-14)18-13(15-11)9-16-6-4-2-3-5-7-16/h2-7,9-10H2,1H3. The molecule has 5 heteroatoms. The lowest BCUT2D eigenvalue weighted by Gasteiger charge is -2.17. The molecule has 0 bridgehead atoms. The molecule has 0 N–H and O–H groups in total. The van der Waals surface area contributed by atoms with Crippen LogP contribution in [0.15, 0.2) is 0 Å². The normalized spacial score (nSPS) is 17.3. The van der Waals surface area contributed by atoms with E-state index in [1.165, 1.54) is 37.0 Å². The molecular weight excluding hydrogens is 246 g/mol. The summed E-state index contributed by atoms with van der Waals surface area (Å²) in [4.78, 5) is 7.67. The first-order chi connectivity index (χ1) is 8.83. The fraction of sp³-hybridized carbons (Fsp3) is 0.692. The molecule has 4 nitrogen and oxygen atoms in total. The summed E-state index contributed by atoms with van der Waals surface area (Å²) in [6.45, 7) is 3.62. The second kappa shape index (κ2) is 6.83. The number of aromatic nitrogens is 1. The average Bonchev–Trinajstić information content (AvgIpc) is 2.58. The van der Waals surface area contributed by atoms with Gasteiger partial charge in [0.05, 0.1) is 18.8 Å². The van der Waals surface area contributed by atoms with Gasteiger partial charge in [0.1, 0.15) is 16.0 Å². The van der Waals surface area contributed by atoms with Crippen LogP contribution in [-0.4, -0.2) is 30.1 Å². The van der Waals surface area contributed by atoms with Gasteiger partial charge in [0.15, 0.2) is 0 Å². The highest BCUT2D eigenvalue weighted by Gasteiger charge is 2.15. The SMILES string of the molecule is COCc1nc(CN2CCCCCC2)sc1C#N. The lowest BCUT2D eigenvalue weighted by molar-refractivity contribution is 0.181. The van der Waals surface area contributed by atoms with Crippen LogP contribution >= 0.6 is 11.3 Å². The van der Waals surface area contributed by atoms with E-state index in [0.29, 0.717) is 11.5 Å². The second-order valence-corrected chi connectivity index (χ2v) is 5.70. The molecule has 1 aliphatic heterocycles. The fourth-order valence-electron chi connectivity index (χ4n) is 2.28. The van der Waals surface area contributed by atoms with Gasteiger partial charge in [-0.05, 0) is 25.9 Å². The Balaban J connectivity index is 2.02. The number of hydrogen-bond acceptors (Lipinski definition) is 5. The van der Waals surface area contributed by atoms with Crippen LogP contribution in [0.3, 0.4) is 0 Å². The Bertz CT molecular complexity index is 416. The lowest BCUT2D eigenvalue weighted by atomic mass is 10.2. The Hall–Kier alpha value is -0.960. The summed E-state index contributed by atoms with van der Waals surface area (Å²) >= 11 is 1.51. The van der Waals surface area contributed by atoms with Gasteiger partial charge in [-0.25, -0.2) is 4.98 Å². The van der Waals surface area contributed by atoms with Crippen LogP contribution in [0.4, 0.5) is 0 Å². The highest BCUT2D eigenvalue weighted by molar-refractivity contribution is 7.12. The molecule has 1 saturated heterocycles. The Kier molecular flexibility index (Phi) is 5.12. The van der Waals surface area contributed by atoms with Crippen molar-refractivity contribution in [3.8, 4) is 6.07 Å². The summed E-state index contributed by atoms with van der Waals surface area (Å²) in [6, 6.07) is 2.21. The van der Waals surface area contributed by atoms with Crippen LogP contribution in [-0.2, 0) is 17.9 Å². The van der Waals surface area contributed by atoms with E-state index in [9.17, 15) is 0 Å². The maximum absolute atomic E-state index is 9.06. The summed E-state index contributed by atoms with van der Waals surface area (Å²) < 4.78 is 5.07. The molecule has 1 aromatic heterocycles. The van der Waals surface area contributed by atoms with Gasteiger partial charge in [0.2, 0.25) is 0 Å². The van der Waals surface area contributed by atoms with Gasteiger partial charge in [0, 0.05) is 7.11 Å². The number of nitrogens with zero attached hydrogens (tertiary/aromatic N) is 3. The van der Waals surface area contributed by atoms with Crippen LogP contribution in [0.5, 0.6) is 0 Å². The summed E-state index contributed by atoms with van der Waals surface area (Å²) in [5.41, 5.74) is 0.787. The van der Waals surface area contributed by atoms with E-state index in [-0.39, 0.29) is 0 Å². The molecule has 1 aliphatic rings. The Labute approximate surface area is 112 Å². The van der Waals surface area contributed by atoms with Crippen molar-refractivity contribution in [1.29, 1.82) is 5.26 Å². The molecule has 0 aliphatic carbocycles. The lowest BCUT2D eigenvalue weighted by Crippen LogP contribution is -2.23. The minimum absolute atomic E-state index is 0.430. The summed E-state index contributed by atoms with van der Waals surface area (Å²) in [7, 11) is 1.63. The zero-order valence-corrected chi connectivity index (χ0v) is 11.6. The van der Waals surface area contributed by atoms with E-state index in [1.54, 1.807) is 7.11 Å². The first-order valence-electron chi connectivity index (χ1n) is 6.43. The van der Waals surface area contributed by atoms with Crippen molar-refractivity contribution in [2.24, 2.45) is 0 Å². The maximum Gasteiger partial charge on any atom is 0.130 e. The zero-order chi connectivity index (χ0) is 12.8. The third-order valence-electron chi connectivity index (χ3n) is 3.18. The van der Waals surface area contributed by atoms with E-state index in [1.807, 2.05) is 0 Å². The van der Waals surface area contributed by atoms with Gasteiger partial charge in [-0.2, -0.15) is 5.26 Å². The van der Waals surface area contributed by atoms with E-state index in [4.69, 9.17) is 10.00 Å². The van der Waals surface area contributed by atoms with E-state index in [2.05, 4.69) is 16.0 Å². The largest absolute Gasteiger partial charge is 0.378 e. The maximum atomic E-state index is 9.06. The highest BCUT2D eigenvalue weighted by atomic mass is 32.1. The molecule has 0 saturated carbocycles. The number of nitriles is 1. The van der Waals surface area contributed by atoms with Crippen molar-refractivity contribution in [2.45, 2.75) is 38.8 Å². The molecule has 0 atom stereocenters. The van der Waals surface area contributed by atoms with Gasteiger partial charge >= 0.3 is 0 Å². The van der Waals surface area contributed by atoms with Gasteiger partial charge in [0.25, 0.3) is 0 Å². The van der Waals surface area contributed by atoms with Crippen LogP contribution in [0.1, 0.15) is 41.3 Å². The number of likely N-dealkylation sites (tertiary alicyclic amines) is 1. The fourth-order valence-corrected chi connectivity index (χ4v) is 3.18. The quantitative estimate of drug-likeness (QED) is 0.839. The minimum atomic E-state index is 0.430. The Morgan fingerprint density at radius 3 is 2.67 bits per heavy atom. The predicted molar refractivity (Wildman–Crippen MR) is 71.3 cm³/mol. The molecule has 98 valence electrons. The summed E-state index contributed by atoms with van der Waals surface area (Å²) in [5.74, 6) is 0. The number of rotatable bonds is 4. The van der Waals surface area contributed by atoms with Crippen LogP contribution in [0.2, 0.25) is 0 Å². The van der Waals surface area contributed by atoms with Crippen molar-refractivity contribution >= 4 is 11.3 Å². The topological polar surface area (TPSA) is 49.1 Å². The van der Waals surface area contributed by atoms with Crippen molar-refractivity contribution in [3.63, 3.8) is 0 Å². The van der Waals surface area contributed by atoms with Crippen LogP contribution in [0, 0.1) is 11.3 Å². The van der Waals surface area contributed by atoms with Crippen LogP contribution < -0.4 is 0 Å². The molecular formula is C13H19N3OS. The monoisotopic (exact) mass is 265 g/mol. The third kappa shape index (κ3) is 3.52. The van der Waals surface area contributed by atoms with Crippen LogP contribution in [0.25, 0.3) is 0 Å². The highest BCUT2D eigenvalue weighted by Crippen LogP contribution is 2.21. The number of thiazole rings is 1. The number of ether oxygens (including phenoxy) is 1. The average molecular weight is 265 g/mol. The minimum Gasteiger partial charge on any atom is -0.378 e. The van der Waals surface area contributed by atoms with Gasteiger partial charge in [-0.1, -0.05) is 12.8 Å². The summed E-state index contributed by atoms with van der Waals surface area (Å²) in [5, 5.41) is 10.1. The summed E-state index contributed by atoms with van der Waals surface area (Å²) in [6.07, 6.45) is 5.24. The Morgan fingerprint density at radius 1 is 1.33 bits per heavy atom. The molecule has 0 unspecified atom stereocenters. The molecule has 0 amide bonds. The molecule has 0 radical (unpaired) electrons. The molecule has 18 heavy (non-hydrogen) atoms. The van der Waals surface area contributed by atoms with E-state index < -0.39 is 0 Å². The first kappa shape index (κ1) is 13.5. The van der Waals surface area contributed by atoms with Crippen molar-refractivity contribution in [3.05, 3.63) is 15.6 Å². The number of hydrogen-bond donors (Lipinski definition) is 0. The second-order valence-electron chi connectivity index (χ2n) is 4.62. The van der Waals surface area contributed by atoms with E-state index in [0.717, 1.165) is 30.3 Å². The molecule has 1 aromatic rings. The van der Waals surface area contributed by atoms with Crippen molar-refractivity contribution in [1.82, 2.24) is 9.88 Å². The number of methoxy groups -OCH3 is 1. The molecule has 2 heterocycles. The van der Waals surface area contributed by atoms with E-state index >= 15 is 0 Å². The van der Waals surface area contributed by atoms with Gasteiger partial charge < -0.3 is 4.74 Å². The molecule has 2 rings (SSSR count). The molecule has 1 fully saturated rings. The smallest absolute Gasteiger partial charge is 0.130 e. The van der Waals surface area contributed by atoms with Crippen molar-refractivity contribution < 1.29 is 4.74 Å². The Morgan fingerprint density at radius 2 is 2.06 bits per heavy atom. The zero-order valence-electron chi connectivity index (χ0n) is 10.8. The first-order valence-corrected chi connectivity index (χ1v) is 7.25. The third-order valence-corrected chi connectivity index (χ3v) is 4.17. The molecule has 0 spiro atoms. The molecule has 0 aromatic carbocycles. The van der Waals surface area contributed by atoms with Crippen molar-refractivity contribution in [2.75, 3.05) is 20.2 Å².